The lowest BCUT2D eigenvalue weighted by atomic mass is 10.2. The van der Waals surface area contributed by atoms with Crippen molar-refractivity contribution in [1.29, 1.82) is 0 Å². The van der Waals surface area contributed by atoms with E-state index in [2.05, 4.69) is 35.8 Å². The van der Waals surface area contributed by atoms with E-state index in [-0.39, 0.29) is 0 Å². The number of thioether (sulfide) groups is 1. The van der Waals surface area contributed by atoms with Crippen molar-refractivity contribution in [2.75, 3.05) is 38.5 Å². The van der Waals surface area contributed by atoms with E-state index in [0.29, 0.717) is 0 Å². The first kappa shape index (κ1) is 13.3. The van der Waals surface area contributed by atoms with Crippen LogP contribution in [0.1, 0.15) is 33.1 Å². The van der Waals surface area contributed by atoms with Gasteiger partial charge in [-0.05, 0) is 32.5 Å². The van der Waals surface area contributed by atoms with E-state index >= 15 is 0 Å². The van der Waals surface area contributed by atoms with Crippen LogP contribution in [0.3, 0.4) is 0 Å². The SMILES string of the molecule is CCNCCCCCN1CCSC(C)C1. The van der Waals surface area contributed by atoms with Crippen molar-refractivity contribution < 1.29 is 0 Å². The maximum absolute atomic E-state index is 3.38. The van der Waals surface area contributed by atoms with Gasteiger partial charge in [0.25, 0.3) is 0 Å². The molecule has 1 aliphatic rings. The van der Waals surface area contributed by atoms with Crippen molar-refractivity contribution >= 4 is 11.8 Å². The summed E-state index contributed by atoms with van der Waals surface area (Å²) in [5.41, 5.74) is 0. The van der Waals surface area contributed by atoms with Gasteiger partial charge in [-0.15, -0.1) is 0 Å². The maximum Gasteiger partial charge on any atom is 0.0147 e. The van der Waals surface area contributed by atoms with Crippen molar-refractivity contribution in [1.82, 2.24) is 10.2 Å². The molecular formula is C12H26N2S. The summed E-state index contributed by atoms with van der Waals surface area (Å²) in [5, 5.41) is 4.22. The second kappa shape index (κ2) is 8.43. The van der Waals surface area contributed by atoms with Crippen LogP contribution in [0, 0.1) is 0 Å². The second-order valence-electron chi connectivity index (χ2n) is 4.40. The van der Waals surface area contributed by atoms with Crippen LogP contribution < -0.4 is 5.32 Å². The molecule has 1 heterocycles. The average Bonchev–Trinajstić information content (AvgIpc) is 2.23. The molecule has 3 heteroatoms. The molecule has 1 aliphatic heterocycles. The molecule has 0 spiro atoms. The second-order valence-corrected chi connectivity index (χ2v) is 5.94. The molecule has 15 heavy (non-hydrogen) atoms. The van der Waals surface area contributed by atoms with Crippen LogP contribution in [0.15, 0.2) is 0 Å². The van der Waals surface area contributed by atoms with Crippen molar-refractivity contribution in [3.63, 3.8) is 0 Å². The zero-order chi connectivity index (χ0) is 10.9. The van der Waals surface area contributed by atoms with E-state index in [4.69, 9.17) is 0 Å². The Kier molecular flexibility index (Phi) is 7.49. The number of unbranched alkanes of at least 4 members (excludes halogenated alkanes) is 2. The van der Waals surface area contributed by atoms with Crippen LogP contribution >= 0.6 is 11.8 Å². The van der Waals surface area contributed by atoms with Gasteiger partial charge < -0.3 is 10.2 Å². The minimum Gasteiger partial charge on any atom is -0.317 e. The average molecular weight is 230 g/mol. The summed E-state index contributed by atoms with van der Waals surface area (Å²) < 4.78 is 0. The van der Waals surface area contributed by atoms with Gasteiger partial charge in [-0.25, -0.2) is 0 Å². The Hall–Kier alpha value is 0.270. The van der Waals surface area contributed by atoms with Crippen LogP contribution in [-0.2, 0) is 0 Å². The summed E-state index contributed by atoms with van der Waals surface area (Å²) in [6, 6.07) is 0. The van der Waals surface area contributed by atoms with E-state index in [9.17, 15) is 0 Å². The highest BCUT2D eigenvalue weighted by Crippen LogP contribution is 2.17. The van der Waals surface area contributed by atoms with Gasteiger partial charge in [-0.3, -0.25) is 0 Å². The van der Waals surface area contributed by atoms with Gasteiger partial charge in [0.05, 0.1) is 0 Å². The van der Waals surface area contributed by atoms with Gasteiger partial charge in [0.15, 0.2) is 0 Å². The quantitative estimate of drug-likeness (QED) is 0.675. The molecule has 0 aromatic carbocycles. The summed E-state index contributed by atoms with van der Waals surface area (Å²) in [6.45, 7) is 10.8. The van der Waals surface area contributed by atoms with Gasteiger partial charge in [0, 0.05) is 24.1 Å². The van der Waals surface area contributed by atoms with Crippen molar-refractivity contribution in [3.05, 3.63) is 0 Å². The fraction of sp³-hybridized carbons (Fsp3) is 1.00. The van der Waals surface area contributed by atoms with Crippen LogP contribution in [0.25, 0.3) is 0 Å². The first-order valence-corrected chi connectivity index (χ1v) is 7.42. The van der Waals surface area contributed by atoms with Gasteiger partial charge >= 0.3 is 0 Å². The summed E-state index contributed by atoms with van der Waals surface area (Å²) in [4.78, 5) is 2.63. The molecule has 0 bridgehead atoms. The van der Waals surface area contributed by atoms with Crippen LogP contribution in [0.2, 0.25) is 0 Å². The van der Waals surface area contributed by atoms with Crippen LogP contribution in [-0.4, -0.2) is 48.6 Å². The molecule has 0 aromatic heterocycles. The Morgan fingerprint density at radius 2 is 2.20 bits per heavy atom. The first-order chi connectivity index (χ1) is 7.33. The third kappa shape index (κ3) is 6.44. The Balaban J connectivity index is 1.90. The molecule has 1 atom stereocenters. The summed E-state index contributed by atoms with van der Waals surface area (Å²) >= 11 is 2.12. The summed E-state index contributed by atoms with van der Waals surface area (Å²) in [6.07, 6.45) is 4.10. The number of nitrogens with one attached hydrogen (secondary N) is 1. The molecule has 90 valence electrons. The molecule has 1 saturated heterocycles. The third-order valence-electron chi connectivity index (χ3n) is 2.90. The zero-order valence-electron chi connectivity index (χ0n) is 10.3. The predicted octanol–water partition coefficient (Wildman–Crippen LogP) is 2.20. The molecule has 1 N–H and O–H groups in total. The Morgan fingerprint density at radius 1 is 1.33 bits per heavy atom. The highest BCUT2D eigenvalue weighted by Gasteiger charge is 2.15. The Bertz CT molecular complexity index is 153. The van der Waals surface area contributed by atoms with Gasteiger partial charge in [-0.2, -0.15) is 11.8 Å². The molecule has 2 nitrogen and oxygen atoms in total. The van der Waals surface area contributed by atoms with Crippen LogP contribution in [0.5, 0.6) is 0 Å². The van der Waals surface area contributed by atoms with Crippen molar-refractivity contribution in [3.8, 4) is 0 Å². The van der Waals surface area contributed by atoms with E-state index in [0.717, 1.165) is 11.8 Å². The van der Waals surface area contributed by atoms with E-state index in [1.165, 1.54) is 51.2 Å². The molecule has 0 aliphatic carbocycles. The minimum atomic E-state index is 0.848. The van der Waals surface area contributed by atoms with Crippen LogP contribution in [0.4, 0.5) is 0 Å². The molecule has 1 fully saturated rings. The molecule has 1 rings (SSSR count). The number of nitrogens with zero attached hydrogens (tertiary/aromatic N) is 1. The third-order valence-corrected chi connectivity index (χ3v) is 4.04. The number of hydrogen-bond donors (Lipinski definition) is 1. The van der Waals surface area contributed by atoms with Crippen molar-refractivity contribution in [2.24, 2.45) is 0 Å². The van der Waals surface area contributed by atoms with E-state index < -0.39 is 0 Å². The first-order valence-electron chi connectivity index (χ1n) is 6.37. The number of hydrogen-bond acceptors (Lipinski definition) is 3. The van der Waals surface area contributed by atoms with Gasteiger partial charge in [-0.1, -0.05) is 20.3 Å². The fourth-order valence-electron chi connectivity index (χ4n) is 2.03. The van der Waals surface area contributed by atoms with E-state index in [1.54, 1.807) is 0 Å². The maximum atomic E-state index is 3.38. The smallest absolute Gasteiger partial charge is 0.0147 e. The molecule has 0 aromatic rings. The Labute approximate surface area is 99.2 Å². The molecule has 0 radical (unpaired) electrons. The number of rotatable bonds is 7. The largest absolute Gasteiger partial charge is 0.317 e. The Morgan fingerprint density at radius 3 is 2.93 bits per heavy atom. The van der Waals surface area contributed by atoms with Gasteiger partial charge in [0.2, 0.25) is 0 Å². The monoisotopic (exact) mass is 230 g/mol. The zero-order valence-corrected chi connectivity index (χ0v) is 11.1. The lowest BCUT2D eigenvalue weighted by Gasteiger charge is -2.30. The minimum absolute atomic E-state index is 0.848. The highest BCUT2D eigenvalue weighted by molar-refractivity contribution is 7.99. The molecule has 1 unspecified atom stereocenters. The summed E-state index contributed by atoms with van der Waals surface area (Å²) in [7, 11) is 0. The lowest BCUT2D eigenvalue weighted by molar-refractivity contribution is 0.279. The standard InChI is InChI=1S/C12H26N2S/c1-3-13-7-5-4-6-8-14-9-10-15-12(2)11-14/h12-13H,3-11H2,1-2H3. The van der Waals surface area contributed by atoms with Crippen molar-refractivity contribution in [2.45, 2.75) is 38.4 Å². The molecular weight excluding hydrogens is 204 g/mol. The topological polar surface area (TPSA) is 15.3 Å². The van der Waals surface area contributed by atoms with E-state index in [1.807, 2.05) is 0 Å². The lowest BCUT2D eigenvalue weighted by Crippen LogP contribution is -2.37. The fourth-order valence-corrected chi connectivity index (χ4v) is 3.11. The summed E-state index contributed by atoms with van der Waals surface area (Å²) in [5.74, 6) is 1.33. The molecule has 0 saturated carbocycles. The predicted molar refractivity (Wildman–Crippen MR) is 70.8 cm³/mol. The normalized spacial score (nSPS) is 23.2. The molecule has 0 amide bonds. The van der Waals surface area contributed by atoms with Gasteiger partial charge in [0.1, 0.15) is 0 Å². The highest BCUT2D eigenvalue weighted by atomic mass is 32.2.